The highest BCUT2D eigenvalue weighted by molar-refractivity contribution is 5.07. The maximum atomic E-state index is 2.45. The second kappa shape index (κ2) is 7.09. The van der Waals surface area contributed by atoms with E-state index < -0.39 is 0 Å². The van der Waals surface area contributed by atoms with Crippen molar-refractivity contribution in [1.29, 1.82) is 0 Å². The van der Waals surface area contributed by atoms with E-state index in [2.05, 4.69) is 26.8 Å². The van der Waals surface area contributed by atoms with Crippen molar-refractivity contribution in [2.24, 2.45) is 11.8 Å². The van der Waals surface area contributed by atoms with Gasteiger partial charge in [0.15, 0.2) is 0 Å². The number of rotatable bonds is 5. The van der Waals surface area contributed by atoms with Gasteiger partial charge in [-0.25, -0.2) is 0 Å². The normalized spacial score (nSPS) is 20.9. The molecule has 0 aromatic heterocycles. The Bertz CT molecular complexity index is 161. The van der Waals surface area contributed by atoms with Gasteiger partial charge in [0.25, 0.3) is 0 Å². The number of allylic oxidation sites excluding steroid dienone is 2. The van der Waals surface area contributed by atoms with Crippen molar-refractivity contribution in [2.45, 2.75) is 66.7 Å². The molecule has 0 aromatic carbocycles. The summed E-state index contributed by atoms with van der Waals surface area (Å²) in [6, 6.07) is 0. The van der Waals surface area contributed by atoms with Crippen LogP contribution in [0.15, 0.2) is 11.6 Å². The molecule has 0 amide bonds. The number of hydrogen-bond donors (Lipinski definition) is 0. The molecule has 1 atom stereocenters. The van der Waals surface area contributed by atoms with Gasteiger partial charge in [0, 0.05) is 0 Å². The van der Waals surface area contributed by atoms with Crippen LogP contribution in [0.5, 0.6) is 0 Å². The highest BCUT2D eigenvalue weighted by atomic mass is 14.3. The van der Waals surface area contributed by atoms with E-state index >= 15 is 0 Å². The summed E-state index contributed by atoms with van der Waals surface area (Å²) in [5, 5.41) is 0. The molecule has 0 N–H and O–H groups in total. The summed E-state index contributed by atoms with van der Waals surface area (Å²) >= 11 is 0. The van der Waals surface area contributed by atoms with Crippen LogP contribution < -0.4 is 0 Å². The smallest absolute Gasteiger partial charge is 0.0289 e. The van der Waals surface area contributed by atoms with E-state index in [9.17, 15) is 0 Å². The monoisotopic (exact) mass is 196 g/mol. The van der Waals surface area contributed by atoms with Crippen molar-refractivity contribution >= 4 is 0 Å². The fourth-order valence-electron chi connectivity index (χ4n) is 2.65. The van der Waals surface area contributed by atoms with Gasteiger partial charge in [-0.1, -0.05) is 58.6 Å². The van der Waals surface area contributed by atoms with E-state index in [1.54, 1.807) is 5.57 Å². The molecule has 0 nitrogen and oxygen atoms in total. The lowest BCUT2D eigenvalue weighted by Gasteiger charge is -2.22. The molecule has 0 aliphatic heterocycles. The molecule has 1 unspecified atom stereocenters. The van der Waals surface area contributed by atoms with Crippen LogP contribution in [0, 0.1) is 11.8 Å². The van der Waals surface area contributed by atoms with Crippen LogP contribution in [0.25, 0.3) is 0 Å². The van der Waals surface area contributed by atoms with Gasteiger partial charge in [0.05, 0.1) is 0 Å². The first-order valence-electron chi connectivity index (χ1n) is 5.93. The molecule has 0 heteroatoms. The van der Waals surface area contributed by atoms with Crippen LogP contribution >= 0.6 is 0 Å². The minimum atomic E-state index is 0. The van der Waals surface area contributed by atoms with Gasteiger partial charge in [-0.05, 0) is 31.6 Å². The molecule has 84 valence electrons. The van der Waals surface area contributed by atoms with E-state index in [1.165, 1.54) is 38.5 Å². The van der Waals surface area contributed by atoms with E-state index in [0.29, 0.717) is 0 Å². The SMILES string of the molecule is C.CCCC(CCC)C1CC=C(C)C1. The topological polar surface area (TPSA) is 0 Å². The standard InChI is InChI=1S/C13H24.CH4/c1-4-6-12(7-5-2)13-9-8-11(3)10-13;/h8,12-13H,4-7,9-10H2,1-3H3;1H4. The van der Waals surface area contributed by atoms with Gasteiger partial charge in [0.1, 0.15) is 0 Å². The highest BCUT2D eigenvalue weighted by Crippen LogP contribution is 2.35. The van der Waals surface area contributed by atoms with Gasteiger partial charge in [0.2, 0.25) is 0 Å². The first-order valence-corrected chi connectivity index (χ1v) is 5.93. The molecule has 0 heterocycles. The molecule has 1 aliphatic carbocycles. The van der Waals surface area contributed by atoms with Crippen molar-refractivity contribution in [1.82, 2.24) is 0 Å². The summed E-state index contributed by atoms with van der Waals surface area (Å²) < 4.78 is 0. The fourth-order valence-corrected chi connectivity index (χ4v) is 2.65. The Balaban J connectivity index is 0.00000169. The third-order valence-corrected chi connectivity index (χ3v) is 3.34. The summed E-state index contributed by atoms with van der Waals surface area (Å²) in [7, 11) is 0. The quantitative estimate of drug-likeness (QED) is 0.530. The number of hydrogen-bond acceptors (Lipinski definition) is 0. The van der Waals surface area contributed by atoms with Gasteiger partial charge in [-0.15, -0.1) is 0 Å². The van der Waals surface area contributed by atoms with Crippen molar-refractivity contribution < 1.29 is 0 Å². The van der Waals surface area contributed by atoms with Crippen LogP contribution in [0.2, 0.25) is 0 Å². The van der Waals surface area contributed by atoms with Gasteiger partial charge in [-0.3, -0.25) is 0 Å². The van der Waals surface area contributed by atoms with Gasteiger partial charge < -0.3 is 0 Å². The molecule has 0 aromatic rings. The third-order valence-electron chi connectivity index (χ3n) is 3.34. The molecular weight excluding hydrogens is 168 g/mol. The summed E-state index contributed by atoms with van der Waals surface area (Å²) in [6.07, 6.45) is 10.8. The predicted molar refractivity (Wildman–Crippen MR) is 66.5 cm³/mol. The Kier molecular flexibility index (Phi) is 6.96. The Morgan fingerprint density at radius 2 is 1.86 bits per heavy atom. The Morgan fingerprint density at radius 1 is 1.29 bits per heavy atom. The van der Waals surface area contributed by atoms with Gasteiger partial charge >= 0.3 is 0 Å². The molecule has 0 radical (unpaired) electrons. The molecule has 0 saturated carbocycles. The molecule has 14 heavy (non-hydrogen) atoms. The average Bonchev–Trinajstić information content (AvgIpc) is 2.51. The summed E-state index contributed by atoms with van der Waals surface area (Å²) in [4.78, 5) is 0. The predicted octanol–water partition coefficient (Wildman–Crippen LogP) is 5.20. The maximum Gasteiger partial charge on any atom is -0.0289 e. The average molecular weight is 196 g/mol. The zero-order valence-electron chi connectivity index (χ0n) is 9.47. The third kappa shape index (κ3) is 3.86. The van der Waals surface area contributed by atoms with Crippen LogP contribution in [0.4, 0.5) is 0 Å². The minimum absolute atomic E-state index is 0. The Labute approximate surface area is 90.8 Å². The summed E-state index contributed by atoms with van der Waals surface area (Å²) in [6.45, 7) is 6.92. The minimum Gasteiger partial charge on any atom is -0.0853 e. The summed E-state index contributed by atoms with van der Waals surface area (Å²) in [5.74, 6) is 1.99. The largest absolute Gasteiger partial charge is 0.0853 e. The van der Waals surface area contributed by atoms with Crippen molar-refractivity contribution in [3.8, 4) is 0 Å². The lowest BCUT2D eigenvalue weighted by Crippen LogP contribution is -2.11. The molecule has 0 spiro atoms. The van der Waals surface area contributed by atoms with Gasteiger partial charge in [-0.2, -0.15) is 0 Å². The molecule has 1 rings (SSSR count). The van der Waals surface area contributed by atoms with Crippen molar-refractivity contribution in [2.75, 3.05) is 0 Å². The highest BCUT2D eigenvalue weighted by Gasteiger charge is 2.22. The molecular formula is C14H28. The van der Waals surface area contributed by atoms with Crippen LogP contribution in [-0.4, -0.2) is 0 Å². The molecule has 0 saturated heterocycles. The van der Waals surface area contributed by atoms with Crippen molar-refractivity contribution in [3.63, 3.8) is 0 Å². The van der Waals surface area contributed by atoms with E-state index in [0.717, 1.165) is 11.8 Å². The summed E-state index contributed by atoms with van der Waals surface area (Å²) in [5.41, 5.74) is 1.63. The van der Waals surface area contributed by atoms with E-state index in [-0.39, 0.29) is 7.43 Å². The zero-order valence-corrected chi connectivity index (χ0v) is 9.47. The second-order valence-corrected chi connectivity index (χ2v) is 4.59. The fraction of sp³-hybridized carbons (Fsp3) is 0.857. The maximum absolute atomic E-state index is 2.45. The van der Waals surface area contributed by atoms with Crippen LogP contribution in [-0.2, 0) is 0 Å². The van der Waals surface area contributed by atoms with E-state index in [4.69, 9.17) is 0 Å². The second-order valence-electron chi connectivity index (χ2n) is 4.59. The molecule has 0 bridgehead atoms. The Hall–Kier alpha value is -0.260. The van der Waals surface area contributed by atoms with E-state index in [1.807, 2.05) is 0 Å². The van der Waals surface area contributed by atoms with Crippen molar-refractivity contribution in [3.05, 3.63) is 11.6 Å². The zero-order chi connectivity index (χ0) is 9.68. The molecule has 0 fully saturated rings. The first kappa shape index (κ1) is 13.7. The lowest BCUT2D eigenvalue weighted by molar-refractivity contribution is 0.300. The lowest BCUT2D eigenvalue weighted by atomic mass is 9.83. The first-order chi connectivity index (χ1) is 6.27. The Morgan fingerprint density at radius 3 is 2.21 bits per heavy atom. The van der Waals surface area contributed by atoms with Crippen LogP contribution in [0.1, 0.15) is 66.7 Å². The van der Waals surface area contributed by atoms with Crippen LogP contribution in [0.3, 0.4) is 0 Å². The molecule has 1 aliphatic rings.